The van der Waals surface area contributed by atoms with Crippen molar-refractivity contribution in [2.24, 2.45) is 0 Å². The molecule has 1 unspecified atom stereocenters. The first kappa shape index (κ1) is 10.2. The molecule has 1 aliphatic rings. The van der Waals surface area contributed by atoms with Gasteiger partial charge in [0.1, 0.15) is 0 Å². The standard InChI is InChI=1S/C10H14N2O3/c13-10(14)9-4-6-12(11-9)5-3-8-2-1-7-15-8/h4,6,8H,1-3,5,7H2,(H,13,14). The van der Waals surface area contributed by atoms with Crippen LogP contribution in [-0.2, 0) is 11.3 Å². The van der Waals surface area contributed by atoms with E-state index in [0.717, 1.165) is 32.4 Å². The summed E-state index contributed by atoms with van der Waals surface area (Å²) in [5.74, 6) is -0.981. The van der Waals surface area contributed by atoms with Gasteiger partial charge in [0.25, 0.3) is 0 Å². The number of carbonyl (C=O) groups is 1. The molecule has 2 rings (SSSR count). The molecule has 1 saturated heterocycles. The molecule has 1 aromatic heterocycles. The molecule has 0 aliphatic carbocycles. The van der Waals surface area contributed by atoms with E-state index in [1.807, 2.05) is 0 Å². The van der Waals surface area contributed by atoms with Crippen molar-refractivity contribution in [2.75, 3.05) is 6.61 Å². The summed E-state index contributed by atoms with van der Waals surface area (Å²) in [7, 11) is 0. The highest BCUT2D eigenvalue weighted by molar-refractivity contribution is 5.84. The molecule has 0 spiro atoms. The number of carboxylic acid groups (broad SMARTS) is 1. The largest absolute Gasteiger partial charge is 0.476 e. The van der Waals surface area contributed by atoms with Crippen LogP contribution in [0.4, 0.5) is 0 Å². The molecule has 0 bridgehead atoms. The molecule has 5 heteroatoms. The van der Waals surface area contributed by atoms with Crippen molar-refractivity contribution in [3.05, 3.63) is 18.0 Å². The minimum absolute atomic E-state index is 0.0994. The Morgan fingerprint density at radius 2 is 2.60 bits per heavy atom. The van der Waals surface area contributed by atoms with Gasteiger partial charge in [0.2, 0.25) is 0 Å². The van der Waals surface area contributed by atoms with Crippen LogP contribution in [0.1, 0.15) is 29.8 Å². The minimum Gasteiger partial charge on any atom is -0.476 e. The van der Waals surface area contributed by atoms with E-state index < -0.39 is 5.97 Å². The maximum Gasteiger partial charge on any atom is 0.356 e. The van der Waals surface area contributed by atoms with Gasteiger partial charge in [-0.25, -0.2) is 4.79 Å². The average molecular weight is 210 g/mol. The summed E-state index contributed by atoms with van der Waals surface area (Å²) in [5, 5.41) is 12.6. The van der Waals surface area contributed by atoms with Crippen LogP contribution in [0, 0.1) is 0 Å². The maximum atomic E-state index is 10.6. The lowest BCUT2D eigenvalue weighted by Gasteiger charge is -2.08. The molecule has 0 amide bonds. The van der Waals surface area contributed by atoms with Gasteiger partial charge in [-0.15, -0.1) is 0 Å². The van der Waals surface area contributed by atoms with Crippen LogP contribution in [0.2, 0.25) is 0 Å². The minimum atomic E-state index is -0.981. The summed E-state index contributed by atoms with van der Waals surface area (Å²) in [6, 6.07) is 1.51. The fourth-order valence-electron chi connectivity index (χ4n) is 1.75. The number of carboxylic acids is 1. The van der Waals surface area contributed by atoms with Crippen molar-refractivity contribution >= 4 is 5.97 Å². The van der Waals surface area contributed by atoms with E-state index in [0.29, 0.717) is 6.10 Å². The number of hydrogen-bond acceptors (Lipinski definition) is 3. The molecule has 5 nitrogen and oxygen atoms in total. The van der Waals surface area contributed by atoms with E-state index in [1.54, 1.807) is 10.9 Å². The fraction of sp³-hybridized carbons (Fsp3) is 0.600. The smallest absolute Gasteiger partial charge is 0.356 e. The van der Waals surface area contributed by atoms with Crippen LogP contribution in [-0.4, -0.2) is 33.6 Å². The van der Waals surface area contributed by atoms with E-state index in [1.165, 1.54) is 6.07 Å². The molecule has 0 aromatic carbocycles. The molecule has 0 radical (unpaired) electrons. The van der Waals surface area contributed by atoms with Crippen molar-refractivity contribution in [1.82, 2.24) is 9.78 Å². The Bertz CT molecular complexity index is 342. The number of hydrogen-bond donors (Lipinski definition) is 1. The Morgan fingerprint density at radius 3 is 3.20 bits per heavy atom. The van der Waals surface area contributed by atoms with Crippen molar-refractivity contribution < 1.29 is 14.6 Å². The number of aromatic carboxylic acids is 1. The van der Waals surface area contributed by atoms with Gasteiger partial charge in [0, 0.05) is 19.3 Å². The third kappa shape index (κ3) is 2.56. The number of rotatable bonds is 4. The van der Waals surface area contributed by atoms with Gasteiger partial charge >= 0.3 is 5.97 Å². The summed E-state index contributed by atoms with van der Waals surface area (Å²) < 4.78 is 7.13. The Hall–Kier alpha value is -1.36. The molecule has 15 heavy (non-hydrogen) atoms. The summed E-state index contributed by atoms with van der Waals surface area (Å²) in [5.41, 5.74) is 0.0994. The third-order valence-electron chi connectivity index (χ3n) is 2.56. The van der Waals surface area contributed by atoms with E-state index >= 15 is 0 Å². The molecule has 1 fully saturated rings. The molecule has 1 aliphatic heterocycles. The Labute approximate surface area is 87.7 Å². The van der Waals surface area contributed by atoms with Crippen LogP contribution in [0.25, 0.3) is 0 Å². The molecule has 1 aromatic rings. The molecular formula is C10H14N2O3. The SMILES string of the molecule is O=C(O)c1ccn(CCC2CCCO2)n1. The van der Waals surface area contributed by atoms with Gasteiger partial charge in [-0.2, -0.15) is 5.10 Å². The highest BCUT2D eigenvalue weighted by atomic mass is 16.5. The van der Waals surface area contributed by atoms with E-state index in [9.17, 15) is 4.79 Å². The monoisotopic (exact) mass is 210 g/mol. The van der Waals surface area contributed by atoms with Gasteiger partial charge in [-0.05, 0) is 25.3 Å². The number of aryl methyl sites for hydroxylation is 1. The molecular weight excluding hydrogens is 196 g/mol. The zero-order valence-corrected chi connectivity index (χ0v) is 8.43. The first-order valence-corrected chi connectivity index (χ1v) is 5.14. The summed E-state index contributed by atoms with van der Waals surface area (Å²) in [6.45, 7) is 1.57. The van der Waals surface area contributed by atoms with Crippen LogP contribution in [0.15, 0.2) is 12.3 Å². The van der Waals surface area contributed by atoms with E-state index in [4.69, 9.17) is 9.84 Å². The van der Waals surface area contributed by atoms with Gasteiger partial charge in [0.05, 0.1) is 6.10 Å². The lowest BCUT2D eigenvalue weighted by molar-refractivity contribution is 0.0689. The topological polar surface area (TPSA) is 64.3 Å². The second-order valence-corrected chi connectivity index (χ2v) is 3.69. The van der Waals surface area contributed by atoms with Gasteiger partial charge < -0.3 is 9.84 Å². The van der Waals surface area contributed by atoms with E-state index in [2.05, 4.69) is 5.10 Å². The molecule has 1 N–H and O–H groups in total. The third-order valence-corrected chi connectivity index (χ3v) is 2.56. The summed E-state index contributed by atoms with van der Waals surface area (Å²) in [4.78, 5) is 10.6. The predicted octanol–water partition coefficient (Wildman–Crippen LogP) is 1.15. The Kier molecular flexibility index (Phi) is 3.01. The van der Waals surface area contributed by atoms with E-state index in [-0.39, 0.29) is 5.69 Å². The number of nitrogens with zero attached hydrogens (tertiary/aromatic N) is 2. The molecule has 0 saturated carbocycles. The highest BCUT2D eigenvalue weighted by Gasteiger charge is 2.15. The summed E-state index contributed by atoms with van der Waals surface area (Å²) in [6.07, 6.45) is 5.15. The van der Waals surface area contributed by atoms with Gasteiger partial charge in [-0.1, -0.05) is 0 Å². The Balaban J connectivity index is 1.84. The Morgan fingerprint density at radius 1 is 1.73 bits per heavy atom. The van der Waals surface area contributed by atoms with Crippen LogP contribution in [0.5, 0.6) is 0 Å². The zero-order valence-electron chi connectivity index (χ0n) is 8.43. The molecule has 1 atom stereocenters. The number of ether oxygens (including phenoxy) is 1. The quantitative estimate of drug-likeness (QED) is 0.809. The average Bonchev–Trinajstić information content (AvgIpc) is 2.86. The highest BCUT2D eigenvalue weighted by Crippen LogP contribution is 2.15. The van der Waals surface area contributed by atoms with Crippen LogP contribution in [0.3, 0.4) is 0 Å². The lowest BCUT2D eigenvalue weighted by atomic mass is 10.2. The normalized spacial score (nSPS) is 20.7. The lowest BCUT2D eigenvalue weighted by Crippen LogP contribution is -2.11. The van der Waals surface area contributed by atoms with Gasteiger partial charge in [-0.3, -0.25) is 4.68 Å². The molecule has 2 heterocycles. The first-order valence-electron chi connectivity index (χ1n) is 5.14. The molecule has 82 valence electrons. The number of aromatic nitrogens is 2. The maximum absolute atomic E-state index is 10.6. The predicted molar refractivity (Wildman–Crippen MR) is 52.8 cm³/mol. The van der Waals surface area contributed by atoms with Crippen molar-refractivity contribution in [1.29, 1.82) is 0 Å². The van der Waals surface area contributed by atoms with Gasteiger partial charge in [0.15, 0.2) is 5.69 Å². The van der Waals surface area contributed by atoms with Crippen LogP contribution >= 0.6 is 0 Å². The fourth-order valence-corrected chi connectivity index (χ4v) is 1.75. The second kappa shape index (κ2) is 4.44. The van der Waals surface area contributed by atoms with Crippen molar-refractivity contribution in [2.45, 2.75) is 31.9 Å². The summed E-state index contributed by atoms with van der Waals surface area (Å²) >= 11 is 0. The zero-order chi connectivity index (χ0) is 10.7. The second-order valence-electron chi connectivity index (χ2n) is 3.69. The van der Waals surface area contributed by atoms with Crippen molar-refractivity contribution in [3.63, 3.8) is 0 Å². The van der Waals surface area contributed by atoms with Crippen molar-refractivity contribution in [3.8, 4) is 0 Å². The van der Waals surface area contributed by atoms with Crippen LogP contribution < -0.4 is 0 Å². The first-order chi connectivity index (χ1) is 7.25.